The van der Waals surface area contributed by atoms with Crippen LogP contribution in [0.25, 0.3) is 0 Å². The van der Waals surface area contributed by atoms with Crippen LogP contribution in [-0.2, 0) is 4.79 Å². The van der Waals surface area contributed by atoms with Crippen LogP contribution in [0.5, 0.6) is 0 Å². The molecule has 0 N–H and O–H groups in total. The Morgan fingerprint density at radius 1 is 1.50 bits per heavy atom. The number of likely N-dealkylation sites (tertiary alicyclic amines) is 1. The lowest BCUT2D eigenvalue weighted by Crippen LogP contribution is -2.32. The molecule has 14 heavy (non-hydrogen) atoms. The second kappa shape index (κ2) is 3.54. The van der Waals surface area contributed by atoms with E-state index in [9.17, 15) is 4.79 Å². The van der Waals surface area contributed by atoms with E-state index in [1.165, 1.54) is 4.48 Å². The molecular weight excluding hydrogens is 242 g/mol. The Balaban J connectivity index is 2.24. The van der Waals surface area contributed by atoms with Crippen LogP contribution in [0.2, 0.25) is 0 Å². The van der Waals surface area contributed by atoms with Crippen LogP contribution in [0.1, 0.15) is 20.3 Å². The molecule has 3 heteroatoms. The van der Waals surface area contributed by atoms with Crippen molar-refractivity contribution in [3.8, 4) is 0 Å². The van der Waals surface area contributed by atoms with Crippen molar-refractivity contribution in [2.24, 2.45) is 5.92 Å². The number of halogens is 1. The molecule has 1 aliphatic heterocycles. The molecule has 1 saturated heterocycles. The van der Waals surface area contributed by atoms with Crippen LogP contribution in [0.4, 0.5) is 0 Å². The highest BCUT2D eigenvalue weighted by molar-refractivity contribution is 9.11. The third-order valence-electron chi connectivity index (χ3n) is 2.87. The van der Waals surface area contributed by atoms with Gasteiger partial charge in [0.15, 0.2) is 0 Å². The molecule has 76 valence electrons. The molecule has 0 bridgehead atoms. The average Bonchev–Trinajstić information content (AvgIpc) is 2.43. The molecule has 1 fully saturated rings. The lowest BCUT2D eigenvalue weighted by Gasteiger charge is -2.20. The fourth-order valence-corrected chi connectivity index (χ4v) is 2.59. The molecule has 1 unspecified atom stereocenters. The zero-order valence-electron chi connectivity index (χ0n) is 8.46. The zero-order valence-corrected chi connectivity index (χ0v) is 10.0. The standard InChI is InChI=1S/C11H14BrNO/c1-7(2)13-6-8-5-9(12)3-4-10(8)11(13)14/h3-4,7-8H,5-6H2,1-2H3. The topological polar surface area (TPSA) is 20.3 Å². The lowest BCUT2D eigenvalue weighted by atomic mass is 9.94. The molecule has 1 atom stereocenters. The summed E-state index contributed by atoms with van der Waals surface area (Å²) < 4.78 is 1.20. The molecule has 1 aliphatic carbocycles. The normalized spacial score (nSPS) is 26.4. The van der Waals surface area contributed by atoms with E-state index in [1.807, 2.05) is 17.1 Å². The lowest BCUT2D eigenvalue weighted by molar-refractivity contribution is -0.126. The van der Waals surface area contributed by atoms with Gasteiger partial charge in [0.05, 0.1) is 0 Å². The molecule has 1 amide bonds. The summed E-state index contributed by atoms with van der Waals surface area (Å²) in [7, 11) is 0. The number of nitrogens with zero attached hydrogens (tertiary/aromatic N) is 1. The van der Waals surface area contributed by atoms with Crippen LogP contribution >= 0.6 is 15.9 Å². The van der Waals surface area contributed by atoms with Crippen LogP contribution in [0.15, 0.2) is 22.2 Å². The van der Waals surface area contributed by atoms with Crippen LogP contribution in [0.3, 0.4) is 0 Å². The van der Waals surface area contributed by atoms with E-state index in [0.29, 0.717) is 12.0 Å². The van der Waals surface area contributed by atoms with Crippen molar-refractivity contribution in [3.63, 3.8) is 0 Å². The van der Waals surface area contributed by atoms with Crippen LogP contribution in [-0.4, -0.2) is 23.4 Å². The third kappa shape index (κ3) is 1.54. The van der Waals surface area contributed by atoms with Gasteiger partial charge in [0.25, 0.3) is 0 Å². The van der Waals surface area contributed by atoms with Crippen molar-refractivity contribution in [1.82, 2.24) is 4.90 Å². The molecule has 0 aromatic heterocycles. The maximum Gasteiger partial charge on any atom is 0.250 e. The summed E-state index contributed by atoms with van der Waals surface area (Å²) in [5, 5.41) is 0. The first-order valence-corrected chi connectivity index (χ1v) is 5.76. The number of hydrogen-bond acceptors (Lipinski definition) is 1. The zero-order chi connectivity index (χ0) is 10.3. The van der Waals surface area contributed by atoms with E-state index in [4.69, 9.17) is 0 Å². The van der Waals surface area contributed by atoms with Crippen LogP contribution in [0, 0.1) is 5.92 Å². The molecule has 0 aromatic rings. The fourth-order valence-electron chi connectivity index (χ4n) is 2.07. The maximum atomic E-state index is 11.9. The van der Waals surface area contributed by atoms with Crippen molar-refractivity contribution in [2.45, 2.75) is 26.3 Å². The third-order valence-corrected chi connectivity index (χ3v) is 3.46. The Hall–Kier alpha value is -0.570. The van der Waals surface area contributed by atoms with Gasteiger partial charge in [-0.2, -0.15) is 0 Å². The number of amides is 1. The summed E-state index contributed by atoms with van der Waals surface area (Å²) >= 11 is 3.49. The summed E-state index contributed by atoms with van der Waals surface area (Å²) in [4.78, 5) is 13.9. The molecular formula is C11H14BrNO. The van der Waals surface area contributed by atoms with Gasteiger partial charge in [-0.05, 0) is 24.8 Å². The SMILES string of the molecule is CC(C)N1CC2CC(Br)=CC=C2C1=O. The second-order valence-electron chi connectivity index (χ2n) is 4.19. The summed E-state index contributed by atoms with van der Waals surface area (Å²) in [6.07, 6.45) is 4.93. The summed E-state index contributed by atoms with van der Waals surface area (Å²) in [6.45, 7) is 5.02. The van der Waals surface area contributed by atoms with Crippen molar-refractivity contribution in [1.29, 1.82) is 0 Å². The van der Waals surface area contributed by atoms with E-state index >= 15 is 0 Å². The van der Waals surface area contributed by atoms with E-state index < -0.39 is 0 Å². The monoisotopic (exact) mass is 255 g/mol. The average molecular weight is 256 g/mol. The highest BCUT2D eigenvalue weighted by Crippen LogP contribution is 2.35. The van der Waals surface area contributed by atoms with Crippen LogP contribution < -0.4 is 0 Å². The number of carbonyl (C=O) groups excluding carboxylic acids is 1. The van der Waals surface area contributed by atoms with Gasteiger partial charge >= 0.3 is 0 Å². The number of allylic oxidation sites excluding steroid dienone is 3. The van der Waals surface area contributed by atoms with Crippen molar-refractivity contribution < 1.29 is 4.79 Å². The van der Waals surface area contributed by atoms with Gasteiger partial charge in [0.2, 0.25) is 5.91 Å². The summed E-state index contributed by atoms with van der Waals surface area (Å²) in [5.41, 5.74) is 0.988. The second-order valence-corrected chi connectivity index (χ2v) is 5.21. The highest BCUT2D eigenvalue weighted by atomic mass is 79.9. The summed E-state index contributed by atoms with van der Waals surface area (Å²) in [6, 6.07) is 0.313. The van der Waals surface area contributed by atoms with Gasteiger partial charge in [-0.25, -0.2) is 0 Å². The first-order valence-electron chi connectivity index (χ1n) is 4.97. The first-order chi connectivity index (χ1) is 6.59. The first kappa shape index (κ1) is 9.97. The minimum absolute atomic E-state index is 0.223. The number of fused-ring (bicyclic) bond motifs is 1. The molecule has 1 heterocycles. The number of rotatable bonds is 1. The van der Waals surface area contributed by atoms with E-state index in [1.54, 1.807) is 0 Å². The van der Waals surface area contributed by atoms with E-state index in [2.05, 4.69) is 29.8 Å². The predicted octanol–water partition coefficient (Wildman–Crippen LogP) is 2.46. The molecule has 2 aliphatic rings. The maximum absolute atomic E-state index is 11.9. The fraction of sp³-hybridized carbons (Fsp3) is 0.545. The molecule has 2 nitrogen and oxygen atoms in total. The molecule has 0 radical (unpaired) electrons. The smallest absolute Gasteiger partial charge is 0.250 e. The molecule has 0 aromatic carbocycles. The van der Waals surface area contributed by atoms with Crippen molar-refractivity contribution in [3.05, 3.63) is 22.2 Å². The Morgan fingerprint density at radius 2 is 2.21 bits per heavy atom. The van der Waals surface area contributed by atoms with E-state index in [0.717, 1.165) is 18.5 Å². The minimum Gasteiger partial charge on any atom is -0.336 e. The van der Waals surface area contributed by atoms with Gasteiger partial charge in [-0.15, -0.1) is 0 Å². The largest absolute Gasteiger partial charge is 0.336 e. The number of carbonyl (C=O) groups is 1. The predicted molar refractivity (Wildman–Crippen MR) is 60.0 cm³/mol. The van der Waals surface area contributed by atoms with E-state index in [-0.39, 0.29) is 5.91 Å². The molecule has 0 spiro atoms. The number of hydrogen-bond donors (Lipinski definition) is 0. The van der Waals surface area contributed by atoms with Gasteiger partial charge in [0.1, 0.15) is 0 Å². The summed E-state index contributed by atoms with van der Waals surface area (Å²) in [5.74, 6) is 0.630. The van der Waals surface area contributed by atoms with Gasteiger partial charge < -0.3 is 4.90 Å². The minimum atomic E-state index is 0.223. The van der Waals surface area contributed by atoms with Gasteiger partial charge in [0, 0.05) is 24.1 Å². The Bertz CT molecular complexity index is 330. The molecule has 2 rings (SSSR count). The van der Waals surface area contributed by atoms with Gasteiger partial charge in [-0.1, -0.05) is 28.1 Å². The van der Waals surface area contributed by atoms with Crippen molar-refractivity contribution >= 4 is 21.8 Å². The Kier molecular flexibility index (Phi) is 2.52. The molecule has 0 saturated carbocycles. The Morgan fingerprint density at radius 3 is 2.86 bits per heavy atom. The quantitative estimate of drug-likeness (QED) is 0.705. The highest BCUT2D eigenvalue weighted by Gasteiger charge is 2.37. The van der Waals surface area contributed by atoms with Gasteiger partial charge in [-0.3, -0.25) is 4.79 Å². The Labute approximate surface area is 92.8 Å². The van der Waals surface area contributed by atoms with Crippen molar-refractivity contribution in [2.75, 3.05) is 6.54 Å².